The lowest BCUT2D eigenvalue weighted by molar-refractivity contribution is 0.0704. The Balaban J connectivity index is 1.90. The second-order valence-corrected chi connectivity index (χ2v) is 8.97. The van der Waals surface area contributed by atoms with Crippen LogP contribution in [0.25, 0.3) is 16.6 Å². The molecule has 4 aromatic rings. The molecule has 176 valence electrons. The number of carboxylic acid groups (broad SMARTS) is 1. The van der Waals surface area contributed by atoms with Crippen LogP contribution in [0.3, 0.4) is 0 Å². The standard InChI is InChI=1S/C22H16Cl2FN3O5S/c1-27(18-11(23)4-3-5-12(18)24)8-10-6-15(13(25)7-16(10)33-2)28-20(29)17-14(26-22(28)32)9-34-19(17)21(30)31/h3-7,9H,8H2,1-2H3,(H,26,32)(H,30,31). The van der Waals surface area contributed by atoms with Gasteiger partial charge < -0.3 is 19.7 Å². The van der Waals surface area contributed by atoms with Crippen LogP contribution in [-0.2, 0) is 6.54 Å². The van der Waals surface area contributed by atoms with Crippen LogP contribution >= 0.6 is 34.5 Å². The zero-order valence-electron chi connectivity index (χ0n) is 17.7. The number of hydrogen-bond acceptors (Lipinski definition) is 6. The molecule has 0 bridgehead atoms. The summed E-state index contributed by atoms with van der Waals surface area (Å²) in [6.07, 6.45) is 0. The number of nitrogens with zero attached hydrogens (tertiary/aromatic N) is 2. The highest BCUT2D eigenvalue weighted by Crippen LogP contribution is 2.35. The van der Waals surface area contributed by atoms with Gasteiger partial charge in [0.15, 0.2) is 5.82 Å². The molecule has 0 aliphatic rings. The number of para-hydroxylation sites is 1. The van der Waals surface area contributed by atoms with E-state index in [1.54, 1.807) is 30.1 Å². The molecule has 12 heteroatoms. The minimum absolute atomic E-state index is 0.0656. The molecule has 2 heterocycles. The van der Waals surface area contributed by atoms with Crippen molar-refractivity contribution in [1.82, 2.24) is 9.55 Å². The maximum atomic E-state index is 15.1. The molecule has 0 unspecified atom stereocenters. The number of hydrogen-bond donors (Lipinski definition) is 2. The summed E-state index contributed by atoms with van der Waals surface area (Å²) in [5, 5.41) is 11.3. The third-order valence-electron chi connectivity index (χ3n) is 5.16. The summed E-state index contributed by atoms with van der Waals surface area (Å²) >= 11 is 13.4. The molecule has 0 saturated carbocycles. The lowest BCUT2D eigenvalue weighted by Crippen LogP contribution is -2.34. The van der Waals surface area contributed by atoms with Gasteiger partial charge >= 0.3 is 11.7 Å². The van der Waals surface area contributed by atoms with Crippen LogP contribution in [0.4, 0.5) is 10.1 Å². The molecule has 2 aromatic heterocycles. The zero-order chi connectivity index (χ0) is 24.7. The maximum absolute atomic E-state index is 15.1. The van der Waals surface area contributed by atoms with Crippen molar-refractivity contribution in [3.05, 3.63) is 82.9 Å². The van der Waals surface area contributed by atoms with Crippen molar-refractivity contribution in [1.29, 1.82) is 0 Å². The number of aromatic carboxylic acids is 1. The summed E-state index contributed by atoms with van der Waals surface area (Å²) in [5.74, 6) is -2.06. The number of aromatic nitrogens is 2. The molecule has 0 aliphatic carbocycles. The predicted molar refractivity (Wildman–Crippen MR) is 130 cm³/mol. The summed E-state index contributed by atoms with van der Waals surface area (Å²) in [5.41, 5.74) is -1.20. The Kier molecular flexibility index (Phi) is 6.39. The number of carbonyl (C=O) groups is 1. The van der Waals surface area contributed by atoms with Gasteiger partial charge in [-0.3, -0.25) is 4.79 Å². The molecule has 0 amide bonds. The number of aromatic amines is 1. The summed E-state index contributed by atoms with van der Waals surface area (Å²) in [4.78, 5) is 41.3. The van der Waals surface area contributed by atoms with Gasteiger partial charge in [-0.15, -0.1) is 11.3 Å². The molecule has 0 fully saturated rings. The zero-order valence-corrected chi connectivity index (χ0v) is 20.0. The molecule has 4 rings (SSSR count). The Bertz CT molecular complexity index is 1540. The van der Waals surface area contributed by atoms with E-state index in [1.807, 2.05) is 0 Å². The van der Waals surface area contributed by atoms with Gasteiger partial charge in [0.25, 0.3) is 5.56 Å². The Labute approximate surface area is 205 Å². The minimum Gasteiger partial charge on any atom is -0.496 e. The van der Waals surface area contributed by atoms with Gasteiger partial charge in [0.2, 0.25) is 0 Å². The van der Waals surface area contributed by atoms with Crippen LogP contribution in [-0.4, -0.2) is 34.8 Å². The third kappa shape index (κ3) is 4.04. The van der Waals surface area contributed by atoms with Crippen LogP contribution in [0, 0.1) is 5.82 Å². The largest absolute Gasteiger partial charge is 0.496 e. The number of nitrogens with one attached hydrogen (secondary N) is 1. The van der Waals surface area contributed by atoms with E-state index in [0.29, 0.717) is 25.9 Å². The van der Waals surface area contributed by atoms with Crippen LogP contribution in [0.5, 0.6) is 5.75 Å². The number of benzene rings is 2. The van der Waals surface area contributed by atoms with E-state index < -0.39 is 23.0 Å². The van der Waals surface area contributed by atoms with Crippen molar-refractivity contribution in [2.45, 2.75) is 6.54 Å². The monoisotopic (exact) mass is 523 g/mol. The Hall–Kier alpha value is -3.34. The number of rotatable bonds is 6. The first-order chi connectivity index (χ1) is 16.1. The molecule has 2 N–H and O–H groups in total. The predicted octanol–water partition coefficient (Wildman–Crippen LogP) is 4.53. The molecule has 2 aromatic carbocycles. The second kappa shape index (κ2) is 9.13. The molecule has 34 heavy (non-hydrogen) atoms. The first kappa shape index (κ1) is 23.8. The van der Waals surface area contributed by atoms with E-state index in [9.17, 15) is 19.5 Å². The van der Waals surface area contributed by atoms with Crippen LogP contribution < -0.4 is 20.9 Å². The van der Waals surface area contributed by atoms with Crippen molar-refractivity contribution in [2.75, 3.05) is 19.1 Å². The van der Waals surface area contributed by atoms with E-state index in [4.69, 9.17) is 27.9 Å². The molecule has 8 nitrogen and oxygen atoms in total. The van der Waals surface area contributed by atoms with E-state index >= 15 is 4.39 Å². The van der Waals surface area contributed by atoms with Gasteiger partial charge in [-0.25, -0.2) is 18.5 Å². The first-order valence-corrected chi connectivity index (χ1v) is 11.3. The van der Waals surface area contributed by atoms with Gasteiger partial charge in [0.05, 0.1) is 39.4 Å². The van der Waals surface area contributed by atoms with Gasteiger partial charge in [0.1, 0.15) is 10.6 Å². The van der Waals surface area contributed by atoms with Crippen molar-refractivity contribution in [3.63, 3.8) is 0 Å². The average molecular weight is 524 g/mol. The Morgan fingerprint density at radius 2 is 1.94 bits per heavy atom. The normalized spacial score (nSPS) is 11.1. The summed E-state index contributed by atoms with van der Waals surface area (Å²) in [7, 11) is 3.07. The van der Waals surface area contributed by atoms with E-state index in [2.05, 4.69) is 4.98 Å². The van der Waals surface area contributed by atoms with Gasteiger partial charge in [0, 0.05) is 30.6 Å². The fraction of sp³-hybridized carbons (Fsp3) is 0.136. The molecule has 0 atom stereocenters. The fourth-order valence-corrected chi connectivity index (χ4v) is 5.19. The SMILES string of the molecule is COc1cc(F)c(-n2c(=O)[nH]c3csc(C(=O)O)c3c2=O)cc1CN(C)c1c(Cl)cccc1Cl. The van der Waals surface area contributed by atoms with Gasteiger partial charge in [-0.1, -0.05) is 29.3 Å². The number of thiophene rings is 1. The third-order valence-corrected chi connectivity index (χ3v) is 6.74. The van der Waals surface area contributed by atoms with E-state index in [0.717, 1.165) is 17.4 Å². The average Bonchev–Trinajstić information content (AvgIpc) is 3.19. The number of carboxylic acids is 1. The number of H-pyrrole nitrogens is 1. The number of fused-ring (bicyclic) bond motifs is 1. The number of anilines is 1. The molecule has 0 aliphatic heterocycles. The highest BCUT2D eigenvalue weighted by Gasteiger charge is 2.22. The number of halogens is 3. The minimum atomic E-state index is -1.33. The highest BCUT2D eigenvalue weighted by atomic mass is 35.5. The summed E-state index contributed by atoms with van der Waals surface area (Å²) in [6, 6.07) is 7.38. The lowest BCUT2D eigenvalue weighted by Gasteiger charge is -2.23. The lowest BCUT2D eigenvalue weighted by atomic mass is 10.1. The Morgan fingerprint density at radius 1 is 1.26 bits per heavy atom. The molecule has 0 spiro atoms. The van der Waals surface area contributed by atoms with Crippen molar-refractivity contribution < 1.29 is 19.0 Å². The van der Waals surface area contributed by atoms with Crippen LogP contribution in [0.2, 0.25) is 10.0 Å². The number of methoxy groups -OCH3 is 1. The highest BCUT2D eigenvalue weighted by molar-refractivity contribution is 7.13. The van der Waals surface area contributed by atoms with Crippen molar-refractivity contribution >= 4 is 57.1 Å². The van der Waals surface area contributed by atoms with Crippen LogP contribution in [0.1, 0.15) is 15.2 Å². The Morgan fingerprint density at radius 3 is 2.56 bits per heavy atom. The second-order valence-electron chi connectivity index (χ2n) is 7.27. The smallest absolute Gasteiger partial charge is 0.346 e. The van der Waals surface area contributed by atoms with Gasteiger partial charge in [-0.05, 0) is 18.2 Å². The van der Waals surface area contributed by atoms with E-state index in [-0.39, 0.29) is 33.8 Å². The summed E-state index contributed by atoms with van der Waals surface area (Å²) < 4.78 is 20.9. The maximum Gasteiger partial charge on any atom is 0.346 e. The molecular weight excluding hydrogens is 508 g/mol. The molecule has 0 radical (unpaired) electrons. The van der Waals surface area contributed by atoms with Crippen molar-refractivity contribution in [2.24, 2.45) is 0 Å². The van der Waals surface area contributed by atoms with E-state index in [1.165, 1.54) is 18.6 Å². The number of ether oxygens (including phenoxy) is 1. The first-order valence-electron chi connectivity index (χ1n) is 9.65. The fourth-order valence-electron chi connectivity index (χ4n) is 3.67. The summed E-state index contributed by atoms with van der Waals surface area (Å²) in [6.45, 7) is 0.133. The van der Waals surface area contributed by atoms with Crippen LogP contribution in [0.15, 0.2) is 45.3 Å². The quantitative estimate of drug-likeness (QED) is 0.384. The van der Waals surface area contributed by atoms with Gasteiger partial charge in [-0.2, -0.15) is 0 Å². The van der Waals surface area contributed by atoms with Crippen molar-refractivity contribution in [3.8, 4) is 11.4 Å². The topological polar surface area (TPSA) is 105 Å². The molecule has 0 saturated heterocycles. The molecular formula is C22H16Cl2FN3O5S.